The van der Waals surface area contributed by atoms with Crippen molar-refractivity contribution in [1.29, 1.82) is 0 Å². The highest BCUT2D eigenvalue weighted by Crippen LogP contribution is 2.45. The van der Waals surface area contributed by atoms with Crippen LogP contribution in [0.2, 0.25) is 0 Å². The Bertz CT molecular complexity index is 2200. The van der Waals surface area contributed by atoms with Crippen molar-refractivity contribution in [3.05, 3.63) is 36.0 Å². The number of nitrogens with one attached hydrogen (secondary N) is 1. The number of nitrogens with zero attached hydrogens (tertiary/aromatic N) is 5. The molecule has 1 aromatic carbocycles. The molecule has 18 atom stereocenters. The molecule has 5 rings (SSSR count). The number of rotatable bonds is 20. The first-order valence-corrected chi connectivity index (χ1v) is 27.6. The zero-order valence-corrected chi connectivity index (χ0v) is 48.5. The summed E-state index contributed by atoms with van der Waals surface area (Å²) >= 11 is 0. The number of esters is 1. The van der Waals surface area contributed by atoms with Gasteiger partial charge in [0.15, 0.2) is 12.6 Å². The standard InChI is InChI=1S/C56H94N6O15/c1-16-43-55(10,68)49(66)35(4)46(64)33(2)28-53(8,71-14)50(77-52-47(65)42(60(11)12)27-34(3)73-52)36(5)48(37(6)51(67)75-43)76-45-29-54(9,72-15)56(69,38(7)74-45)32-61(13)30-39-22-24-40(25-23-39)41-31-62(59-57-41)26-20-18-17-19-21-44(63)58-70/h22-25,31,33-38,42-43,45,47-50,52,65-66,68-70H,16-21,26-30,32H2,1-15H3,(H,58,63)/t33-,34-,35+,36+,37-,38+,42+,43?,45+,47-,48?,49-,50-,52+,53-,54-,55-,56+/m1/s1. The summed E-state index contributed by atoms with van der Waals surface area (Å²) in [5, 5.41) is 65.5. The monoisotopic (exact) mass is 1090 g/mol. The number of hydroxylamine groups is 1. The molecule has 0 saturated carbocycles. The smallest absolute Gasteiger partial charge is 0.311 e. The number of benzene rings is 1. The molecule has 0 radical (unpaired) electrons. The van der Waals surface area contributed by atoms with E-state index in [1.165, 1.54) is 21.1 Å². The van der Waals surface area contributed by atoms with Crippen LogP contribution in [-0.2, 0) is 60.6 Å². The highest BCUT2D eigenvalue weighted by molar-refractivity contribution is 5.83. The summed E-state index contributed by atoms with van der Waals surface area (Å²) in [6.45, 7) is 18.4. The second-order valence-corrected chi connectivity index (χ2v) is 23.4. The molecule has 21 heteroatoms. The van der Waals surface area contributed by atoms with Gasteiger partial charge in [0.2, 0.25) is 5.91 Å². The largest absolute Gasteiger partial charge is 0.459 e. The molecule has 3 fully saturated rings. The van der Waals surface area contributed by atoms with Crippen molar-refractivity contribution in [2.75, 3.05) is 41.9 Å². The number of ether oxygens (including phenoxy) is 7. The number of amides is 1. The van der Waals surface area contributed by atoms with Crippen LogP contribution in [0.15, 0.2) is 30.5 Å². The van der Waals surface area contributed by atoms with Crippen LogP contribution in [-0.4, -0.2) is 194 Å². The van der Waals surface area contributed by atoms with Gasteiger partial charge in [0.1, 0.15) is 40.5 Å². The Kier molecular flexibility index (Phi) is 22.8. The van der Waals surface area contributed by atoms with E-state index in [9.17, 15) is 34.8 Å². The maximum atomic E-state index is 14.6. The number of hydrogen-bond acceptors (Lipinski definition) is 19. The number of aliphatic hydroxyl groups excluding tert-OH is 2. The first-order valence-electron chi connectivity index (χ1n) is 27.6. The minimum Gasteiger partial charge on any atom is -0.459 e. The average Bonchev–Trinajstić information content (AvgIpc) is 3.88. The number of cyclic esters (lactones) is 1. The zero-order chi connectivity index (χ0) is 57.4. The summed E-state index contributed by atoms with van der Waals surface area (Å²) in [5.74, 6) is -5.15. The lowest BCUT2D eigenvalue weighted by molar-refractivity contribution is -0.339. The third kappa shape index (κ3) is 15.1. The van der Waals surface area contributed by atoms with E-state index >= 15 is 0 Å². The number of likely N-dealkylation sites (N-methyl/N-ethyl adjacent to an activating group) is 2. The highest BCUT2D eigenvalue weighted by atomic mass is 16.7. The first-order chi connectivity index (χ1) is 36.1. The van der Waals surface area contributed by atoms with Crippen LogP contribution in [0.1, 0.15) is 133 Å². The number of aliphatic hydroxyl groups is 4. The van der Waals surface area contributed by atoms with Crippen LogP contribution in [0, 0.1) is 23.7 Å². The van der Waals surface area contributed by atoms with E-state index in [2.05, 4.69) is 10.3 Å². The van der Waals surface area contributed by atoms with Crippen molar-refractivity contribution < 1.29 is 73.2 Å². The molecule has 438 valence electrons. The van der Waals surface area contributed by atoms with Gasteiger partial charge in [-0.15, -0.1) is 5.10 Å². The fraction of sp³-hybridized carbons (Fsp3) is 0.804. The van der Waals surface area contributed by atoms with Crippen LogP contribution in [0.25, 0.3) is 11.3 Å². The maximum Gasteiger partial charge on any atom is 0.311 e. The van der Waals surface area contributed by atoms with E-state index in [4.69, 9.17) is 38.4 Å². The molecule has 3 aliphatic rings. The van der Waals surface area contributed by atoms with Crippen LogP contribution in [0.5, 0.6) is 0 Å². The molecule has 3 saturated heterocycles. The lowest BCUT2D eigenvalue weighted by Gasteiger charge is -2.54. The number of methoxy groups -OCH3 is 2. The van der Waals surface area contributed by atoms with E-state index in [-0.39, 0.29) is 49.6 Å². The molecule has 0 aliphatic carbocycles. The van der Waals surface area contributed by atoms with Gasteiger partial charge in [-0.25, -0.2) is 5.48 Å². The molecule has 77 heavy (non-hydrogen) atoms. The third-order valence-electron chi connectivity index (χ3n) is 17.2. The van der Waals surface area contributed by atoms with Crippen molar-refractivity contribution in [2.45, 2.75) is 224 Å². The van der Waals surface area contributed by atoms with Gasteiger partial charge in [-0.2, -0.15) is 0 Å². The molecule has 6 N–H and O–H groups in total. The van der Waals surface area contributed by atoms with Crippen molar-refractivity contribution in [3.63, 3.8) is 0 Å². The SMILES string of the molecule is CCC1OC(=O)[C@H](C)C(O[C@H]2C[C@@](C)(OC)[C@](O)(CN(C)Cc3ccc(-c4cn(CCCCCCC(=O)NO)nn4)cc3)[C@H](C)O2)[C@H](C)[C@@H](O[C@@H]2O[C@H](C)C[C@H](N(C)C)[C@H]2O)[C@](C)(OC)C[C@@H](C)C(=O)[C@H](C)[C@@H](O)[C@]1(C)O. The van der Waals surface area contributed by atoms with Crippen LogP contribution >= 0.6 is 0 Å². The second-order valence-electron chi connectivity index (χ2n) is 23.4. The average molecular weight is 1090 g/mol. The van der Waals surface area contributed by atoms with Gasteiger partial charge in [0.05, 0.1) is 48.2 Å². The summed E-state index contributed by atoms with van der Waals surface area (Å²) in [4.78, 5) is 44.1. The third-order valence-corrected chi connectivity index (χ3v) is 17.2. The summed E-state index contributed by atoms with van der Waals surface area (Å²) in [5.41, 5.74) is -1.91. The Labute approximate surface area is 456 Å². The van der Waals surface area contributed by atoms with Gasteiger partial charge in [0.25, 0.3) is 0 Å². The first kappa shape index (κ1) is 64.3. The molecular weight excluding hydrogens is 997 g/mol. The minimum atomic E-state index is -2.02. The Hall–Kier alpha value is -3.55. The van der Waals surface area contributed by atoms with Gasteiger partial charge >= 0.3 is 5.97 Å². The number of aromatic nitrogens is 3. The van der Waals surface area contributed by atoms with Gasteiger partial charge in [-0.3, -0.25) is 29.2 Å². The second kappa shape index (κ2) is 27.3. The van der Waals surface area contributed by atoms with Gasteiger partial charge < -0.3 is 58.5 Å². The maximum absolute atomic E-state index is 14.6. The summed E-state index contributed by atoms with van der Waals surface area (Å²) in [6.07, 6.45) is -3.17. The Morgan fingerprint density at radius 2 is 1.56 bits per heavy atom. The molecule has 4 heterocycles. The number of unbranched alkanes of at least 4 members (excludes halogenated alkanes) is 3. The quantitative estimate of drug-likeness (QED) is 0.0456. The normalized spacial score (nSPS) is 37.9. The molecule has 21 nitrogen and oxygen atoms in total. The van der Waals surface area contributed by atoms with Gasteiger partial charge in [-0.05, 0) is 100 Å². The fourth-order valence-electron chi connectivity index (χ4n) is 12.0. The highest BCUT2D eigenvalue weighted by Gasteiger charge is 2.59. The van der Waals surface area contributed by atoms with E-state index < -0.39 is 101 Å². The van der Waals surface area contributed by atoms with E-state index in [0.717, 1.165) is 36.1 Å². The van der Waals surface area contributed by atoms with Crippen molar-refractivity contribution >= 4 is 17.7 Å². The van der Waals surface area contributed by atoms with Crippen molar-refractivity contribution in [3.8, 4) is 11.3 Å². The number of aryl methyl sites for hydroxylation is 1. The van der Waals surface area contributed by atoms with E-state index in [0.29, 0.717) is 32.4 Å². The predicted molar refractivity (Wildman–Crippen MR) is 285 cm³/mol. The molecule has 3 aliphatic heterocycles. The minimum absolute atomic E-state index is 0.0172. The molecule has 1 amide bonds. The van der Waals surface area contributed by atoms with Crippen LogP contribution in [0.3, 0.4) is 0 Å². The van der Waals surface area contributed by atoms with Crippen LogP contribution in [0.4, 0.5) is 0 Å². The lowest BCUT2D eigenvalue weighted by Crippen LogP contribution is -2.70. The van der Waals surface area contributed by atoms with Crippen molar-refractivity contribution in [1.82, 2.24) is 30.3 Å². The number of ketones is 1. The molecule has 1 aromatic heterocycles. The molecule has 0 bridgehead atoms. The van der Waals surface area contributed by atoms with Gasteiger partial charge in [-0.1, -0.05) is 70.0 Å². The molecule has 0 spiro atoms. The predicted octanol–water partition coefficient (Wildman–Crippen LogP) is 4.66. The number of carbonyl (C=O) groups is 3. The molecule has 2 unspecified atom stereocenters. The number of hydrogen-bond donors (Lipinski definition) is 6. The van der Waals surface area contributed by atoms with Gasteiger partial charge in [0, 0.05) is 76.1 Å². The van der Waals surface area contributed by atoms with Crippen molar-refractivity contribution in [2.24, 2.45) is 23.7 Å². The number of carbonyl (C=O) groups excluding carboxylic acids is 3. The zero-order valence-electron chi connectivity index (χ0n) is 48.5. The molecular formula is C56H94N6O15. The lowest BCUT2D eigenvalue weighted by atomic mass is 9.73. The number of Topliss-reactive ketones (excluding diaryl/α,β-unsaturated/α-hetero) is 1. The Morgan fingerprint density at radius 1 is 0.896 bits per heavy atom. The fourth-order valence-corrected chi connectivity index (χ4v) is 12.0. The topological polar surface area (TPSA) is 266 Å². The molecule has 2 aromatic rings. The van der Waals surface area contributed by atoms with E-state index in [1.54, 1.807) is 51.7 Å². The van der Waals surface area contributed by atoms with Crippen LogP contribution < -0.4 is 5.48 Å². The summed E-state index contributed by atoms with van der Waals surface area (Å²) < 4.78 is 47.5. The Balaban J connectivity index is 1.40. The Morgan fingerprint density at radius 3 is 2.17 bits per heavy atom. The van der Waals surface area contributed by atoms with E-state index in [1.807, 2.05) is 82.2 Å². The summed E-state index contributed by atoms with van der Waals surface area (Å²) in [7, 11) is 8.70. The summed E-state index contributed by atoms with van der Waals surface area (Å²) in [6, 6.07) is 7.67.